The van der Waals surface area contributed by atoms with E-state index in [1.807, 2.05) is 30.1 Å². The Morgan fingerprint density at radius 1 is 1.21 bits per heavy atom. The summed E-state index contributed by atoms with van der Waals surface area (Å²) < 4.78 is 5.57. The van der Waals surface area contributed by atoms with Crippen molar-refractivity contribution < 1.29 is 14.6 Å². The van der Waals surface area contributed by atoms with Crippen LogP contribution in [0.1, 0.15) is 18.4 Å². The molecule has 1 aromatic carbocycles. The second kappa shape index (κ2) is 9.53. The molecule has 0 saturated heterocycles. The van der Waals surface area contributed by atoms with Crippen molar-refractivity contribution in [2.75, 3.05) is 33.4 Å². The molecule has 0 saturated carbocycles. The Kier molecular flexibility index (Phi) is 7.86. The Morgan fingerprint density at radius 3 is 2.63 bits per heavy atom. The molecule has 0 amide bonds. The molecule has 0 spiro atoms. The van der Waals surface area contributed by atoms with Gasteiger partial charge >= 0.3 is 5.97 Å². The predicted molar refractivity (Wildman–Crippen MR) is 75.3 cm³/mol. The predicted octanol–water partition coefficient (Wildman–Crippen LogP) is 2.04. The molecule has 0 aliphatic heterocycles. The Hall–Kier alpha value is -1.39. The number of carboxylic acids is 1. The van der Waals surface area contributed by atoms with Gasteiger partial charge in [-0.1, -0.05) is 30.3 Å². The van der Waals surface area contributed by atoms with Crippen LogP contribution >= 0.6 is 0 Å². The molecule has 1 N–H and O–H groups in total. The maximum absolute atomic E-state index is 10.4. The Morgan fingerprint density at radius 2 is 1.95 bits per heavy atom. The molecular formula is C15H23NO3. The second-order valence-corrected chi connectivity index (χ2v) is 4.65. The van der Waals surface area contributed by atoms with Crippen molar-refractivity contribution in [3.63, 3.8) is 0 Å². The first-order valence-electron chi connectivity index (χ1n) is 6.70. The van der Waals surface area contributed by atoms with Crippen LogP contribution in [-0.2, 0) is 16.0 Å². The maximum atomic E-state index is 10.4. The van der Waals surface area contributed by atoms with E-state index in [1.54, 1.807) is 0 Å². The van der Waals surface area contributed by atoms with Crippen molar-refractivity contribution in [2.45, 2.75) is 19.3 Å². The van der Waals surface area contributed by atoms with Gasteiger partial charge in [-0.15, -0.1) is 0 Å². The van der Waals surface area contributed by atoms with E-state index in [-0.39, 0.29) is 6.42 Å². The third-order valence-electron chi connectivity index (χ3n) is 2.91. The molecule has 106 valence electrons. The van der Waals surface area contributed by atoms with Crippen LogP contribution in [0.4, 0.5) is 0 Å². The molecule has 19 heavy (non-hydrogen) atoms. The van der Waals surface area contributed by atoms with Gasteiger partial charge in [0.05, 0.1) is 13.0 Å². The van der Waals surface area contributed by atoms with Gasteiger partial charge in [0.15, 0.2) is 0 Å². The summed E-state index contributed by atoms with van der Waals surface area (Å²) in [4.78, 5) is 12.4. The summed E-state index contributed by atoms with van der Waals surface area (Å²) in [6, 6.07) is 10.3. The minimum atomic E-state index is -0.744. The lowest BCUT2D eigenvalue weighted by Crippen LogP contribution is -2.23. The van der Waals surface area contributed by atoms with Crippen molar-refractivity contribution in [3.05, 3.63) is 35.9 Å². The molecule has 0 radical (unpaired) electrons. The van der Waals surface area contributed by atoms with Crippen LogP contribution in [0.2, 0.25) is 0 Å². The van der Waals surface area contributed by atoms with E-state index in [0.29, 0.717) is 6.54 Å². The summed E-state index contributed by atoms with van der Waals surface area (Å²) in [7, 11) is 1.94. The highest BCUT2D eigenvalue weighted by molar-refractivity contribution is 5.66. The molecule has 0 bridgehead atoms. The molecule has 0 aliphatic rings. The van der Waals surface area contributed by atoms with Crippen molar-refractivity contribution in [1.82, 2.24) is 4.90 Å². The lowest BCUT2D eigenvalue weighted by atomic mass is 10.2. The van der Waals surface area contributed by atoms with Crippen LogP contribution in [0.5, 0.6) is 0 Å². The van der Waals surface area contributed by atoms with Gasteiger partial charge in [-0.05, 0) is 25.5 Å². The fourth-order valence-electron chi connectivity index (χ4n) is 1.77. The second-order valence-electron chi connectivity index (χ2n) is 4.65. The number of hydrogen-bond donors (Lipinski definition) is 1. The van der Waals surface area contributed by atoms with Gasteiger partial charge in [-0.2, -0.15) is 0 Å². The van der Waals surface area contributed by atoms with Gasteiger partial charge < -0.3 is 14.7 Å². The molecule has 0 heterocycles. The maximum Gasteiger partial charge on any atom is 0.304 e. The van der Waals surface area contributed by atoms with Gasteiger partial charge in [-0.25, -0.2) is 0 Å². The van der Waals surface area contributed by atoms with Crippen LogP contribution in [0.25, 0.3) is 0 Å². The number of hydrogen-bond acceptors (Lipinski definition) is 3. The Bertz CT molecular complexity index is 354. The third kappa shape index (κ3) is 8.35. The summed E-state index contributed by atoms with van der Waals surface area (Å²) in [5.74, 6) is -0.744. The van der Waals surface area contributed by atoms with Crippen molar-refractivity contribution >= 4 is 5.97 Å². The minimum absolute atomic E-state index is 0.200. The van der Waals surface area contributed by atoms with Crippen LogP contribution in [0, 0.1) is 0 Å². The number of nitrogens with zero attached hydrogens (tertiary/aromatic N) is 1. The fourth-order valence-corrected chi connectivity index (χ4v) is 1.77. The highest BCUT2D eigenvalue weighted by Gasteiger charge is 2.02. The van der Waals surface area contributed by atoms with Gasteiger partial charge in [0.2, 0.25) is 0 Å². The molecule has 1 rings (SSSR count). The Balaban J connectivity index is 1.95. The standard InChI is InChI=1S/C15H23NO3/c1-16(11-8-15(17)18)10-5-12-19-13-9-14-6-3-2-4-7-14/h2-4,6-7H,5,8-13H2,1H3,(H,17,18). The average Bonchev–Trinajstić information content (AvgIpc) is 2.41. The van der Waals surface area contributed by atoms with Crippen LogP contribution in [0.3, 0.4) is 0 Å². The first-order valence-corrected chi connectivity index (χ1v) is 6.70. The van der Waals surface area contributed by atoms with E-state index in [4.69, 9.17) is 9.84 Å². The monoisotopic (exact) mass is 265 g/mol. The smallest absolute Gasteiger partial charge is 0.304 e. The van der Waals surface area contributed by atoms with Crippen LogP contribution in [-0.4, -0.2) is 49.3 Å². The number of aliphatic carboxylic acids is 1. The topological polar surface area (TPSA) is 49.8 Å². The van der Waals surface area contributed by atoms with Gasteiger partial charge in [0, 0.05) is 19.7 Å². The van der Waals surface area contributed by atoms with Gasteiger partial charge in [-0.3, -0.25) is 4.79 Å². The minimum Gasteiger partial charge on any atom is -0.481 e. The summed E-state index contributed by atoms with van der Waals surface area (Å²) in [5, 5.41) is 8.56. The zero-order chi connectivity index (χ0) is 13.9. The highest BCUT2D eigenvalue weighted by atomic mass is 16.5. The Labute approximate surface area is 115 Å². The number of carboxylic acid groups (broad SMARTS) is 1. The van der Waals surface area contributed by atoms with Gasteiger partial charge in [0.1, 0.15) is 0 Å². The third-order valence-corrected chi connectivity index (χ3v) is 2.91. The highest BCUT2D eigenvalue weighted by Crippen LogP contribution is 2.00. The van der Waals surface area contributed by atoms with Crippen molar-refractivity contribution in [1.29, 1.82) is 0 Å². The summed E-state index contributed by atoms with van der Waals surface area (Å²) in [5.41, 5.74) is 1.29. The molecule has 1 aromatic rings. The SMILES string of the molecule is CN(CCCOCCc1ccccc1)CCC(=O)O. The summed E-state index contributed by atoms with van der Waals surface area (Å²) >= 11 is 0. The molecule has 0 aliphatic carbocycles. The summed E-state index contributed by atoms with van der Waals surface area (Å²) in [6.07, 6.45) is 2.08. The number of carbonyl (C=O) groups is 1. The number of rotatable bonds is 10. The average molecular weight is 265 g/mol. The fraction of sp³-hybridized carbons (Fsp3) is 0.533. The molecule has 4 heteroatoms. The first kappa shape index (κ1) is 15.7. The van der Waals surface area contributed by atoms with E-state index >= 15 is 0 Å². The van der Waals surface area contributed by atoms with E-state index < -0.39 is 5.97 Å². The van der Waals surface area contributed by atoms with Crippen LogP contribution in [0.15, 0.2) is 30.3 Å². The normalized spacial score (nSPS) is 10.8. The van der Waals surface area contributed by atoms with E-state index in [0.717, 1.165) is 32.6 Å². The van der Waals surface area contributed by atoms with Crippen LogP contribution < -0.4 is 0 Å². The molecular weight excluding hydrogens is 242 g/mol. The van der Waals surface area contributed by atoms with E-state index in [1.165, 1.54) is 5.56 Å². The molecule has 0 unspecified atom stereocenters. The molecule has 0 atom stereocenters. The largest absolute Gasteiger partial charge is 0.481 e. The number of ether oxygens (including phenoxy) is 1. The molecule has 0 fully saturated rings. The lowest BCUT2D eigenvalue weighted by molar-refractivity contribution is -0.137. The number of benzene rings is 1. The zero-order valence-electron chi connectivity index (χ0n) is 11.5. The van der Waals surface area contributed by atoms with Crippen molar-refractivity contribution in [2.24, 2.45) is 0 Å². The van der Waals surface area contributed by atoms with E-state index in [2.05, 4.69) is 12.1 Å². The van der Waals surface area contributed by atoms with Crippen molar-refractivity contribution in [3.8, 4) is 0 Å². The zero-order valence-corrected chi connectivity index (χ0v) is 11.5. The van der Waals surface area contributed by atoms with Gasteiger partial charge in [0.25, 0.3) is 0 Å². The van der Waals surface area contributed by atoms with E-state index in [9.17, 15) is 4.79 Å². The molecule has 4 nitrogen and oxygen atoms in total. The summed E-state index contributed by atoms with van der Waals surface area (Å²) in [6.45, 7) is 2.94. The molecule has 0 aromatic heterocycles. The first-order chi connectivity index (χ1) is 9.18. The quantitative estimate of drug-likeness (QED) is 0.658. The lowest BCUT2D eigenvalue weighted by Gasteiger charge is -2.15.